The molecule has 2 fully saturated rings. The van der Waals surface area contributed by atoms with Crippen LogP contribution in [-0.2, 0) is 46.1 Å². The molecule has 9 aromatic rings. The van der Waals surface area contributed by atoms with Crippen LogP contribution in [0.15, 0.2) is 202 Å². The van der Waals surface area contributed by atoms with Gasteiger partial charge in [-0.25, -0.2) is 0 Å². The molecule has 10 heteroatoms. The predicted octanol–water partition coefficient (Wildman–Crippen LogP) is 25.6. The molecular weight excluding hydrogens is 1370 g/mol. The number of ketones is 2. The number of carbonyl (C=O) groups is 2. The number of thiophene rings is 4. The summed E-state index contributed by atoms with van der Waals surface area (Å²) in [5.74, 6) is -1.89. The second-order valence-corrected chi connectivity index (χ2v) is 34.6. The Morgan fingerprint density at radius 3 is 1.01 bits per heavy atom. The summed E-state index contributed by atoms with van der Waals surface area (Å²) in [5, 5.41) is 42.1. The number of allylic oxidation sites excluding steroid dienone is 14. The zero-order chi connectivity index (χ0) is 73.4. The molecule has 6 nitrogen and oxygen atoms in total. The molecule has 4 heterocycles. The highest BCUT2D eigenvalue weighted by Gasteiger charge is 2.55. The minimum absolute atomic E-state index is 0.0184. The van der Waals surface area contributed by atoms with Crippen LogP contribution in [0, 0.1) is 69.0 Å². The fourth-order valence-corrected chi connectivity index (χ4v) is 23.7. The molecule has 0 aliphatic heterocycles. The lowest BCUT2D eigenvalue weighted by molar-refractivity contribution is -0.117. The molecule has 0 amide bonds. The Morgan fingerprint density at radius 1 is 0.406 bits per heavy atom. The number of rotatable bonds is 26. The quantitative estimate of drug-likeness (QED) is 0.0302. The molecule has 0 N–H and O–H groups in total. The number of nitriles is 4. The van der Waals surface area contributed by atoms with E-state index in [1.165, 1.54) is 165 Å². The molecule has 0 bridgehead atoms. The number of Topliss-reactive ketones (excluding diaryl/α,β-unsaturated/α-hetero) is 2. The standard InChI is InChI=1S/C96H90N4O2S4/c1-7-11-15-19-23-61-29-37-67(38-30-61)95(68-39-31-62(32-40-68)24-20-16-12-8-2)81-53-78-82(54-77(81)91-87(95)93-83(105-91)51-71(103-93)49-79-85(65(55-97)56-98)73-45-27-59(5)47-75(73)89(79)101)96(69-41-33-63(34-42-69)25-21-17-13-9-3,70-43-35-64(36-44-70)26-22-18-14-10-4)88-92(78)106-84-52-72(104-94(84)88)50-80-86(66(57-99)58-100)74-46-28-60(6)48-76(74)90(80)102/h27-54,73-76H,7-26H2,1-6H3/b79-49-,80-50-. The fourth-order valence-electron chi connectivity index (χ4n) is 18.2. The first kappa shape index (κ1) is 72.2. The van der Waals surface area contributed by atoms with Gasteiger partial charge in [-0.1, -0.05) is 249 Å². The lowest BCUT2D eigenvalue weighted by Crippen LogP contribution is -2.30. The number of nitrogens with zero attached hydrogens (tertiary/aromatic N) is 4. The van der Waals surface area contributed by atoms with Crippen LogP contribution in [0.25, 0.3) is 51.8 Å². The number of hydrogen-bond donors (Lipinski definition) is 0. The van der Waals surface area contributed by atoms with Crippen molar-refractivity contribution in [2.24, 2.45) is 23.7 Å². The summed E-state index contributed by atoms with van der Waals surface area (Å²) in [6.07, 6.45) is 38.9. The third-order valence-electron chi connectivity index (χ3n) is 23.5. The second kappa shape index (κ2) is 30.8. The molecule has 4 atom stereocenters. The van der Waals surface area contributed by atoms with Crippen molar-refractivity contribution < 1.29 is 9.59 Å². The van der Waals surface area contributed by atoms with E-state index in [0.717, 1.165) is 91.1 Å². The van der Waals surface area contributed by atoms with Gasteiger partial charge in [0.15, 0.2) is 11.6 Å². The van der Waals surface area contributed by atoms with Crippen molar-refractivity contribution in [3.63, 3.8) is 0 Å². The highest BCUT2D eigenvalue weighted by Crippen LogP contribution is 2.68. The number of benzene rings is 5. The first-order chi connectivity index (χ1) is 51.8. The third-order valence-corrected chi connectivity index (χ3v) is 28.3. The number of carbonyl (C=O) groups excluding carboxylic acids is 2. The van der Waals surface area contributed by atoms with E-state index in [1.807, 2.05) is 85.1 Å². The lowest BCUT2D eigenvalue weighted by Gasteiger charge is -2.36. The molecule has 5 aromatic carbocycles. The Morgan fingerprint density at radius 2 is 0.717 bits per heavy atom. The first-order valence-corrected chi connectivity index (χ1v) is 42.2. The predicted molar refractivity (Wildman–Crippen MR) is 441 cm³/mol. The van der Waals surface area contributed by atoms with E-state index in [0.29, 0.717) is 22.3 Å². The fraction of sp³-hybridized carbons (Fsp3) is 0.333. The van der Waals surface area contributed by atoms with E-state index in [1.54, 1.807) is 22.7 Å². The Kier molecular flexibility index (Phi) is 21.0. The molecule has 4 aromatic heterocycles. The van der Waals surface area contributed by atoms with Crippen molar-refractivity contribution in [1.29, 1.82) is 21.0 Å². The second-order valence-electron chi connectivity index (χ2n) is 30.3. The van der Waals surface area contributed by atoms with Gasteiger partial charge in [0.1, 0.15) is 35.4 Å². The SMILES string of the molecule is CCCCCCc1ccc(C2(c3ccc(CCCCCC)cc3)c3cc4c(cc3-c3sc5cc(/C=C6\C(=O)C7C=C(C)C=CC7C6=C(C#N)C#N)sc5c32)C(c2ccc(CCCCCC)cc2)(c2ccc(CCCCCC)cc2)c2c-4sc3cc(/C=C4\C(=O)C5C=C(C)C=CC5C4=C(C#N)C#N)sc23)cc1. The summed E-state index contributed by atoms with van der Waals surface area (Å²) >= 11 is 7.10. The van der Waals surface area contributed by atoms with Crippen LogP contribution in [0.4, 0.5) is 0 Å². The van der Waals surface area contributed by atoms with E-state index in [9.17, 15) is 30.6 Å². The normalized spacial score (nSPS) is 19.0. The maximum Gasteiger partial charge on any atom is 0.171 e. The highest BCUT2D eigenvalue weighted by atomic mass is 32.1. The number of fused-ring (bicyclic) bond motifs is 12. The third kappa shape index (κ3) is 12.6. The van der Waals surface area contributed by atoms with Crippen LogP contribution in [0.1, 0.15) is 221 Å². The molecular formula is C96H90N4O2S4. The van der Waals surface area contributed by atoms with Crippen LogP contribution >= 0.6 is 45.3 Å². The van der Waals surface area contributed by atoms with Gasteiger partial charge in [0.05, 0.1) is 32.1 Å². The Labute approximate surface area is 642 Å². The van der Waals surface area contributed by atoms with Gasteiger partial charge in [-0.15, -0.1) is 45.3 Å². The Balaban J connectivity index is 1.01. The van der Waals surface area contributed by atoms with E-state index in [2.05, 4.69) is 173 Å². The van der Waals surface area contributed by atoms with Crippen molar-refractivity contribution in [2.75, 3.05) is 0 Å². The van der Waals surface area contributed by atoms with Crippen LogP contribution < -0.4 is 0 Å². The summed E-state index contributed by atoms with van der Waals surface area (Å²) in [6, 6.07) is 57.0. The minimum atomic E-state index is -0.830. The summed E-state index contributed by atoms with van der Waals surface area (Å²) in [7, 11) is 0. The monoisotopic (exact) mass is 1460 g/mol. The molecule has 6 aliphatic rings. The molecule has 2 saturated carbocycles. The highest BCUT2D eigenvalue weighted by molar-refractivity contribution is 7.31. The van der Waals surface area contributed by atoms with E-state index >= 15 is 0 Å². The van der Waals surface area contributed by atoms with Gasteiger partial charge in [0.25, 0.3) is 0 Å². The molecule has 4 unspecified atom stereocenters. The van der Waals surface area contributed by atoms with Crippen molar-refractivity contribution in [3.05, 3.63) is 279 Å². The molecule has 15 rings (SSSR count). The van der Waals surface area contributed by atoms with Gasteiger partial charge in [-0.2, -0.15) is 21.0 Å². The van der Waals surface area contributed by atoms with Gasteiger partial charge < -0.3 is 0 Å². The van der Waals surface area contributed by atoms with Gasteiger partial charge in [0.2, 0.25) is 0 Å². The van der Waals surface area contributed by atoms with Crippen LogP contribution in [-0.4, -0.2) is 11.6 Å². The average molecular weight is 1460 g/mol. The smallest absolute Gasteiger partial charge is 0.171 e. The first-order valence-electron chi connectivity index (χ1n) is 38.9. The minimum Gasteiger partial charge on any atom is -0.293 e. The van der Waals surface area contributed by atoms with Crippen molar-refractivity contribution in [2.45, 2.75) is 181 Å². The summed E-state index contributed by atoms with van der Waals surface area (Å²) in [6.45, 7) is 13.1. The van der Waals surface area contributed by atoms with Crippen molar-refractivity contribution >= 4 is 87.9 Å². The number of aryl methyl sites for hydroxylation is 4. The zero-order valence-electron chi connectivity index (χ0n) is 61.9. The molecule has 530 valence electrons. The molecule has 0 radical (unpaired) electrons. The maximum absolute atomic E-state index is 14.9. The topological polar surface area (TPSA) is 129 Å². The van der Waals surface area contributed by atoms with Crippen LogP contribution in [0.5, 0.6) is 0 Å². The number of unbranched alkanes of at least 4 members (excludes halogenated alkanes) is 12. The van der Waals surface area contributed by atoms with Crippen molar-refractivity contribution in [1.82, 2.24) is 0 Å². The van der Waals surface area contributed by atoms with Gasteiger partial charge in [-0.3, -0.25) is 9.59 Å². The van der Waals surface area contributed by atoms with E-state index in [4.69, 9.17) is 0 Å². The molecule has 6 aliphatic carbocycles. The lowest BCUT2D eigenvalue weighted by atomic mass is 9.65. The zero-order valence-corrected chi connectivity index (χ0v) is 65.1. The van der Waals surface area contributed by atoms with Crippen molar-refractivity contribution in [3.8, 4) is 45.2 Å². The molecule has 106 heavy (non-hydrogen) atoms. The van der Waals surface area contributed by atoms with E-state index in [-0.39, 0.29) is 22.7 Å². The van der Waals surface area contributed by atoms with Crippen LogP contribution in [0.2, 0.25) is 0 Å². The van der Waals surface area contributed by atoms with E-state index < -0.39 is 34.5 Å². The molecule has 0 spiro atoms. The van der Waals surface area contributed by atoms with Gasteiger partial charge >= 0.3 is 0 Å². The number of hydrogen-bond acceptors (Lipinski definition) is 10. The van der Waals surface area contributed by atoms with Gasteiger partial charge in [-0.05, 0) is 180 Å². The summed E-state index contributed by atoms with van der Waals surface area (Å²) in [4.78, 5) is 34.0. The van der Waals surface area contributed by atoms with Gasteiger partial charge in [0, 0.05) is 63.0 Å². The Bertz CT molecular complexity index is 4940. The maximum atomic E-state index is 14.9. The largest absolute Gasteiger partial charge is 0.293 e. The summed E-state index contributed by atoms with van der Waals surface area (Å²) in [5.41, 5.74) is 19.6. The van der Waals surface area contributed by atoms with Crippen LogP contribution in [0.3, 0.4) is 0 Å². The molecule has 0 saturated heterocycles. The summed E-state index contributed by atoms with van der Waals surface area (Å²) < 4.78 is 4.56. The Hall–Kier alpha value is -9.36. The average Bonchev–Trinajstić information content (AvgIpc) is 1.49.